The number of amides is 4. The number of hydrogen-bond donors (Lipinski definition) is 1. The van der Waals surface area contributed by atoms with Gasteiger partial charge in [-0.2, -0.15) is 0 Å². The Balaban J connectivity index is 1.89. The highest BCUT2D eigenvalue weighted by atomic mass is 16.5. The first kappa shape index (κ1) is 19.2. The molecule has 0 atom stereocenters. The second-order valence-corrected chi connectivity index (χ2v) is 7.18. The first-order valence-corrected chi connectivity index (χ1v) is 8.80. The predicted molar refractivity (Wildman–Crippen MR) is 89.5 cm³/mol. The second kappa shape index (κ2) is 7.84. The molecule has 0 unspecified atom stereocenters. The van der Waals surface area contributed by atoms with Gasteiger partial charge in [-0.25, -0.2) is 4.79 Å². The summed E-state index contributed by atoms with van der Waals surface area (Å²) in [5.41, 5.74) is -0.815. The molecule has 4 amide bonds. The average molecular weight is 353 g/mol. The summed E-state index contributed by atoms with van der Waals surface area (Å²) in [6.07, 6.45) is 4.06. The molecule has 1 N–H and O–H groups in total. The van der Waals surface area contributed by atoms with Gasteiger partial charge < -0.3 is 15.0 Å². The van der Waals surface area contributed by atoms with Crippen LogP contribution in [0.1, 0.15) is 46.0 Å². The SMILES string of the molecule is CC(C)CNC(=O)COC(=O)CN1C(=O)N(C)C2(CCCCC2)C1=O. The third-order valence-electron chi connectivity index (χ3n) is 4.84. The van der Waals surface area contributed by atoms with Gasteiger partial charge in [0, 0.05) is 13.6 Å². The monoisotopic (exact) mass is 353 g/mol. The number of carbonyl (C=O) groups excluding carboxylic acids is 4. The highest BCUT2D eigenvalue weighted by Gasteiger charge is 2.55. The van der Waals surface area contributed by atoms with Gasteiger partial charge in [0.15, 0.2) is 6.61 Å². The summed E-state index contributed by atoms with van der Waals surface area (Å²) >= 11 is 0. The molecule has 0 bridgehead atoms. The van der Waals surface area contributed by atoms with E-state index in [2.05, 4.69) is 5.32 Å². The first-order valence-electron chi connectivity index (χ1n) is 8.80. The van der Waals surface area contributed by atoms with Gasteiger partial charge in [-0.3, -0.25) is 19.3 Å². The number of carbonyl (C=O) groups is 4. The van der Waals surface area contributed by atoms with Crippen LogP contribution in [-0.4, -0.2) is 65.9 Å². The average Bonchev–Trinajstić information content (AvgIpc) is 2.75. The highest BCUT2D eigenvalue weighted by molar-refractivity contribution is 6.08. The molecule has 2 rings (SSSR count). The number of likely N-dealkylation sites (N-methyl/N-ethyl adjacent to an activating group) is 1. The molecule has 1 aliphatic carbocycles. The summed E-state index contributed by atoms with van der Waals surface area (Å²) in [6, 6.07) is -0.479. The van der Waals surface area contributed by atoms with E-state index in [-0.39, 0.29) is 5.91 Å². The standard InChI is InChI=1S/C17H27N3O5/c1-12(2)9-18-13(21)11-25-14(22)10-20-15(23)17(19(3)16(20)24)7-5-4-6-8-17/h12H,4-11H2,1-3H3,(H,18,21). The fourth-order valence-electron chi connectivity index (χ4n) is 3.36. The topological polar surface area (TPSA) is 96.0 Å². The van der Waals surface area contributed by atoms with Crippen molar-refractivity contribution in [3.63, 3.8) is 0 Å². The molecule has 8 heteroatoms. The third kappa shape index (κ3) is 4.11. The predicted octanol–water partition coefficient (Wildman–Crippen LogP) is 0.899. The van der Waals surface area contributed by atoms with Crippen LogP contribution >= 0.6 is 0 Å². The Morgan fingerprint density at radius 2 is 1.84 bits per heavy atom. The normalized spacial score (nSPS) is 19.7. The minimum atomic E-state index is -0.815. The Kier molecular flexibility index (Phi) is 6.02. The Morgan fingerprint density at radius 3 is 2.44 bits per heavy atom. The van der Waals surface area contributed by atoms with Crippen LogP contribution in [0.4, 0.5) is 4.79 Å². The molecule has 8 nitrogen and oxygen atoms in total. The van der Waals surface area contributed by atoms with Crippen LogP contribution in [-0.2, 0) is 19.1 Å². The number of nitrogens with zero attached hydrogens (tertiary/aromatic N) is 2. The van der Waals surface area contributed by atoms with Crippen LogP contribution in [0.3, 0.4) is 0 Å². The Hall–Kier alpha value is -2.12. The van der Waals surface area contributed by atoms with Gasteiger partial charge >= 0.3 is 12.0 Å². The van der Waals surface area contributed by atoms with Gasteiger partial charge in [-0.15, -0.1) is 0 Å². The van der Waals surface area contributed by atoms with E-state index in [0.717, 1.165) is 24.2 Å². The summed E-state index contributed by atoms with van der Waals surface area (Å²) in [5.74, 6) is -1.20. The summed E-state index contributed by atoms with van der Waals surface area (Å²) in [5, 5.41) is 2.63. The van der Waals surface area contributed by atoms with E-state index in [1.807, 2.05) is 13.8 Å². The zero-order chi connectivity index (χ0) is 18.6. The molecule has 0 aromatic heterocycles. The summed E-state index contributed by atoms with van der Waals surface area (Å²) in [7, 11) is 1.61. The first-order chi connectivity index (χ1) is 11.8. The summed E-state index contributed by atoms with van der Waals surface area (Å²) in [4.78, 5) is 51.0. The van der Waals surface area contributed by atoms with Crippen molar-refractivity contribution in [2.45, 2.75) is 51.5 Å². The van der Waals surface area contributed by atoms with Crippen molar-refractivity contribution in [1.29, 1.82) is 0 Å². The Morgan fingerprint density at radius 1 is 1.20 bits per heavy atom. The molecule has 0 radical (unpaired) electrons. The molecule has 1 spiro atoms. The fraction of sp³-hybridized carbons (Fsp3) is 0.765. The maximum Gasteiger partial charge on any atom is 0.327 e. The van der Waals surface area contributed by atoms with Crippen molar-refractivity contribution >= 4 is 23.8 Å². The smallest absolute Gasteiger partial charge is 0.327 e. The minimum Gasteiger partial charge on any atom is -0.454 e. The maximum absolute atomic E-state index is 12.7. The summed E-state index contributed by atoms with van der Waals surface area (Å²) in [6.45, 7) is 3.53. The van der Waals surface area contributed by atoms with Crippen LogP contribution < -0.4 is 5.32 Å². The largest absolute Gasteiger partial charge is 0.454 e. The highest BCUT2D eigenvalue weighted by Crippen LogP contribution is 2.39. The van der Waals surface area contributed by atoms with Crippen molar-refractivity contribution < 1.29 is 23.9 Å². The van der Waals surface area contributed by atoms with E-state index >= 15 is 0 Å². The molecule has 1 saturated carbocycles. The van der Waals surface area contributed by atoms with Gasteiger partial charge in [0.25, 0.3) is 11.8 Å². The molecule has 0 aromatic carbocycles. The lowest BCUT2D eigenvalue weighted by Gasteiger charge is -2.35. The Labute approximate surface area is 147 Å². The van der Waals surface area contributed by atoms with E-state index in [1.165, 1.54) is 4.90 Å². The lowest BCUT2D eigenvalue weighted by Crippen LogP contribution is -2.49. The van der Waals surface area contributed by atoms with Crippen molar-refractivity contribution in [2.24, 2.45) is 5.92 Å². The van der Waals surface area contributed by atoms with Gasteiger partial charge in [0.2, 0.25) is 0 Å². The molecule has 1 heterocycles. The van der Waals surface area contributed by atoms with Crippen molar-refractivity contribution in [3.05, 3.63) is 0 Å². The van der Waals surface area contributed by atoms with Crippen LogP contribution in [0.15, 0.2) is 0 Å². The maximum atomic E-state index is 12.7. The number of imide groups is 1. The van der Waals surface area contributed by atoms with E-state index in [4.69, 9.17) is 4.74 Å². The minimum absolute atomic E-state index is 0.293. The van der Waals surface area contributed by atoms with Crippen LogP contribution in [0.5, 0.6) is 0 Å². The van der Waals surface area contributed by atoms with Crippen molar-refractivity contribution in [2.75, 3.05) is 26.7 Å². The van der Waals surface area contributed by atoms with Crippen molar-refractivity contribution in [3.8, 4) is 0 Å². The van der Waals surface area contributed by atoms with E-state index < -0.39 is 36.6 Å². The molecule has 25 heavy (non-hydrogen) atoms. The van der Waals surface area contributed by atoms with Crippen LogP contribution in [0.2, 0.25) is 0 Å². The molecule has 1 aliphatic heterocycles. The molecule has 140 valence electrons. The second-order valence-electron chi connectivity index (χ2n) is 7.18. The third-order valence-corrected chi connectivity index (χ3v) is 4.84. The number of urea groups is 1. The number of nitrogens with one attached hydrogen (secondary N) is 1. The quantitative estimate of drug-likeness (QED) is 0.565. The van der Waals surface area contributed by atoms with Gasteiger partial charge in [0.1, 0.15) is 12.1 Å². The number of hydrogen-bond acceptors (Lipinski definition) is 5. The fourth-order valence-corrected chi connectivity index (χ4v) is 3.36. The lowest BCUT2D eigenvalue weighted by molar-refractivity contribution is -0.151. The Bertz CT molecular complexity index is 554. The number of ether oxygens (including phenoxy) is 1. The number of esters is 1. The van der Waals surface area contributed by atoms with E-state index in [9.17, 15) is 19.2 Å². The van der Waals surface area contributed by atoms with Crippen molar-refractivity contribution in [1.82, 2.24) is 15.1 Å². The molecular formula is C17H27N3O5. The van der Waals surface area contributed by atoms with Gasteiger partial charge in [-0.1, -0.05) is 33.1 Å². The van der Waals surface area contributed by atoms with E-state index in [0.29, 0.717) is 25.3 Å². The zero-order valence-electron chi connectivity index (χ0n) is 15.2. The van der Waals surface area contributed by atoms with Crippen LogP contribution in [0, 0.1) is 5.92 Å². The molecule has 1 saturated heterocycles. The van der Waals surface area contributed by atoms with Crippen LogP contribution in [0.25, 0.3) is 0 Å². The molecule has 0 aromatic rings. The summed E-state index contributed by atoms with van der Waals surface area (Å²) < 4.78 is 4.89. The van der Waals surface area contributed by atoms with Gasteiger partial charge in [-0.05, 0) is 18.8 Å². The number of rotatable bonds is 6. The van der Waals surface area contributed by atoms with Gasteiger partial charge in [0.05, 0.1) is 0 Å². The molecular weight excluding hydrogens is 326 g/mol. The molecule has 2 aliphatic rings. The zero-order valence-corrected chi connectivity index (χ0v) is 15.2. The molecule has 2 fully saturated rings. The lowest BCUT2D eigenvalue weighted by atomic mass is 9.81. The van der Waals surface area contributed by atoms with E-state index in [1.54, 1.807) is 7.05 Å².